The van der Waals surface area contributed by atoms with E-state index in [2.05, 4.69) is 25.6 Å². The number of hydrogen-bond donors (Lipinski definition) is 2. The summed E-state index contributed by atoms with van der Waals surface area (Å²) >= 11 is 0. The summed E-state index contributed by atoms with van der Waals surface area (Å²) in [5.41, 5.74) is 2.54. The molecular formula is C19H25N7O3S. The van der Waals surface area contributed by atoms with E-state index >= 15 is 0 Å². The molecule has 0 spiro atoms. The SMILES string of the molecule is C[C@@H]1CN(S(C)(=O)=O)CC[C@@H]1Nc1nc2ccc(-c3cn[nH]c3)c(OC3CC3)n2n1. The Morgan fingerprint density at radius 3 is 2.77 bits per heavy atom. The lowest BCUT2D eigenvalue weighted by atomic mass is 9.95. The fourth-order valence-corrected chi connectivity index (χ4v) is 4.79. The molecule has 3 aromatic heterocycles. The smallest absolute Gasteiger partial charge is 0.243 e. The Kier molecular flexibility index (Phi) is 4.66. The van der Waals surface area contributed by atoms with Crippen LogP contribution in [-0.4, -0.2) is 69.0 Å². The molecule has 2 fully saturated rings. The van der Waals surface area contributed by atoms with Gasteiger partial charge >= 0.3 is 0 Å². The molecule has 1 aliphatic carbocycles. The molecule has 4 heterocycles. The number of fused-ring (bicyclic) bond motifs is 1. The highest BCUT2D eigenvalue weighted by Gasteiger charge is 2.31. The summed E-state index contributed by atoms with van der Waals surface area (Å²) in [5.74, 6) is 1.32. The van der Waals surface area contributed by atoms with Crippen LogP contribution in [0.15, 0.2) is 24.5 Å². The summed E-state index contributed by atoms with van der Waals surface area (Å²) in [6, 6.07) is 3.99. The molecule has 0 radical (unpaired) electrons. The Morgan fingerprint density at radius 1 is 1.27 bits per heavy atom. The van der Waals surface area contributed by atoms with Crippen LogP contribution in [0.5, 0.6) is 5.88 Å². The number of aromatic nitrogens is 5. The minimum atomic E-state index is -3.17. The van der Waals surface area contributed by atoms with Crippen molar-refractivity contribution in [2.24, 2.45) is 5.92 Å². The number of rotatable bonds is 6. The lowest BCUT2D eigenvalue weighted by Gasteiger charge is -2.35. The average molecular weight is 432 g/mol. The van der Waals surface area contributed by atoms with Crippen LogP contribution in [0, 0.1) is 5.92 Å². The van der Waals surface area contributed by atoms with Gasteiger partial charge in [0.05, 0.1) is 12.5 Å². The van der Waals surface area contributed by atoms with Gasteiger partial charge in [-0.3, -0.25) is 5.10 Å². The molecule has 1 saturated heterocycles. The third-order valence-electron chi connectivity index (χ3n) is 5.72. The molecule has 1 saturated carbocycles. The summed E-state index contributed by atoms with van der Waals surface area (Å²) in [6.07, 6.45) is 7.84. The highest BCUT2D eigenvalue weighted by atomic mass is 32.2. The zero-order valence-electron chi connectivity index (χ0n) is 16.9. The second-order valence-corrected chi connectivity index (χ2v) is 10.2. The van der Waals surface area contributed by atoms with Crippen LogP contribution < -0.4 is 10.1 Å². The van der Waals surface area contributed by atoms with E-state index in [9.17, 15) is 8.42 Å². The number of ether oxygens (including phenoxy) is 1. The quantitative estimate of drug-likeness (QED) is 0.610. The van der Waals surface area contributed by atoms with Crippen LogP contribution in [0.2, 0.25) is 0 Å². The Hall–Kier alpha value is -2.66. The Labute approximate surface area is 174 Å². The van der Waals surface area contributed by atoms with Gasteiger partial charge in [0.1, 0.15) is 6.10 Å². The predicted molar refractivity (Wildman–Crippen MR) is 112 cm³/mol. The maximum atomic E-state index is 11.8. The van der Waals surface area contributed by atoms with Crippen molar-refractivity contribution in [3.63, 3.8) is 0 Å². The van der Waals surface area contributed by atoms with Gasteiger partial charge in [0, 0.05) is 36.5 Å². The molecule has 2 atom stereocenters. The van der Waals surface area contributed by atoms with Gasteiger partial charge < -0.3 is 10.1 Å². The Balaban J connectivity index is 1.42. The summed E-state index contributed by atoms with van der Waals surface area (Å²) in [7, 11) is -3.17. The van der Waals surface area contributed by atoms with Crippen molar-refractivity contribution in [1.29, 1.82) is 0 Å². The summed E-state index contributed by atoms with van der Waals surface area (Å²) < 4.78 is 33.1. The first kappa shape index (κ1) is 19.3. The molecule has 10 nitrogen and oxygen atoms in total. The van der Waals surface area contributed by atoms with E-state index < -0.39 is 10.0 Å². The molecule has 0 unspecified atom stereocenters. The van der Waals surface area contributed by atoms with E-state index in [1.54, 1.807) is 10.7 Å². The monoisotopic (exact) mass is 431 g/mol. The molecular weight excluding hydrogens is 406 g/mol. The molecule has 3 aromatic rings. The summed E-state index contributed by atoms with van der Waals surface area (Å²) in [5, 5.41) is 15.0. The van der Waals surface area contributed by atoms with Crippen molar-refractivity contribution in [2.45, 2.75) is 38.3 Å². The van der Waals surface area contributed by atoms with Gasteiger partial charge in [-0.25, -0.2) is 12.7 Å². The average Bonchev–Trinajstić information content (AvgIpc) is 3.17. The van der Waals surface area contributed by atoms with Gasteiger partial charge in [-0.05, 0) is 37.3 Å². The molecule has 0 bridgehead atoms. The van der Waals surface area contributed by atoms with Crippen molar-refractivity contribution in [3.05, 3.63) is 24.5 Å². The first-order valence-electron chi connectivity index (χ1n) is 10.2. The zero-order valence-corrected chi connectivity index (χ0v) is 17.8. The third-order valence-corrected chi connectivity index (χ3v) is 6.99. The molecule has 11 heteroatoms. The fraction of sp³-hybridized carbons (Fsp3) is 0.526. The molecule has 5 rings (SSSR count). The standard InChI is InChI=1S/C19H25N7O3S/c1-12-11-25(30(2,27)28)8-7-16(12)22-19-23-17-6-5-15(13-9-20-21-10-13)18(26(17)24-19)29-14-3-4-14/h5-6,9-10,12,14,16H,3-4,7-8,11H2,1-2H3,(H,20,21)(H,22,24)/t12-,16+/m1/s1. The second-order valence-electron chi connectivity index (χ2n) is 8.20. The molecule has 160 valence electrons. The van der Waals surface area contributed by atoms with Gasteiger partial charge in [0.2, 0.25) is 21.9 Å². The second kappa shape index (κ2) is 7.24. The minimum absolute atomic E-state index is 0.0987. The number of nitrogens with one attached hydrogen (secondary N) is 2. The largest absolute Gasteiger partial charge is 0.474 e. The van der Waals surface area contributed by atoms with Crippen LogP contribution in [0.4, 0.5) is 5.95 Å². The molecule has 0 amide bonds. The van der Waals surface area contributed by atoms with E-state index in [-0.39, 0.29) is 18.1 Å². The maximum Gasteiger partial charge on any atom is 0.243 e. The van der Waals surface area contributed by atoms with E-state index in [0.29, 0.717) is 37.0 Å². The predicted octanol–water partition coefficient (Wildman–Crippen LogP) is 1.74. The zero-order chi connectivity index (χ0) is 20.9. The fourth-order valence-electron chi connectivity index (χ4n) is 3.85. The topological polar surface area (TPSA) is 118 Å². The highest BCUT2D eigenvalue weighted by Crippen LogP contribution is 2.35. The maximum absolute atomic E-state index is 11.8. The number of aromatic amines is 1. The lowest BCUT2D eigenvalue weighted by molar-refractivity contribution is 0.262. The van der Waals surface area contributed by atoms with E-state index in [1.165, 1.54) is 10.6 Å². The van der Waals surface area contributed by atoms with Gasteiger partial charge in [0.25, 0.3) is 0 Å². The van der Waals surface area contributed by atoms with Crippen molar-refractivity contribution >= 4 is 21.6 Å². The number of H-pyrrole nitrogens is 1. The van der Waals surface area contributed by atoms with Crippen molar-refractivity contribution in [1.82, 2.24) is 29.1 Å². The van der Waals surface area contributed by atoms with E-state index in [4.69, 9.17) is 4.74 Å². The summed E-state index contributed by atoms with van der Waals surface area (Å²) in [6.45, 7) is 3.03. The van der Waals surface area contributed by atoms with E-state index in [1.807, 2.05) is 25.3 Å². The summed E-state index contributed by atoms with van der Waals surface area (Å²) in [4.78, 5) is 4.63. The minimum Gasteiger partial charge on any atom is -0.474 e. The number of pyridine rings is 1. The highest BCUT2D eigenvalue weighted by molar-refractivity contribution is 7.88. The molecule has 30 heavy (non-hydrogen) atoms. The van der Waals surface area contributed by atoms with Gasteiger partial charge in [-0.1, -0.05) is 6.92 Å². The molecule has 2 aliphatic rings. The number of hydrogen-bond acceptors (Lipinski definition) is 7. The van der Waals surface area contributed by atoms with Crippen LogP contribution in [0.3, 0.4) is 0 Å². The van der Waals surface area contributed by atoms with E-state index in [0.717, 1.165) is 24.0 Å². The number of piperidine rings is 1. The van der Waals surface area contributed by atoms with Gasteiger partial charge in [0.15, 0.2) is 5.65 Å². The van der Waals surface area contributed by atoms with Crippen LogP contribution in [-0.2, 0) is 10.0 Å². The lowest BCUT2D eigenvalue weighted by Crippen LogP contribution is -2.47. The normalized spacial score (nSPS) is 23.0. The molecule has 1 aliphatic heterocycles. The third kappa shape index (κ3) is 3.74. The molecule has 0 aromatic carbocycles. The molecule has 2 N–H and O–H groups in total. The Morgan fingerprint density at radius 2 is 2.10 bits per heavy atom. The number of nitrogens with zero attached hydrogens (tertiary/aromatic N) is 5. The Bertz CT molecular complexity index is 1150. The van der Waals surface area contributed by atoms with Crippen molar-refractivity contribution < 1.29 is 13.2 Å². The van der Waals surface area contributed by atoms with Crippen LogP contribution in [0.25, 0.3) is 16.8 Å². The first-order valence-corrected chi connectivity index (χ1v) is 12.0. The van der Waals surface area contributed by atoms with Crippen molar-refractivity contribution in [2.75, 3.05) is 24.7 Å². The first-order chi connectivity index (χ1) is 14.4. The van der Waals surface area contributed by atoms with Crippen LogP contribution in [0.1, 0.15) is 26.2 Å². The number of anilines is 1. The van der Waals surface area contributed by atoms with Gasteiger partial charge in [-0.15, -0.1) is 5.10 Å². The number of sulfonamides is 1. The van der Waals surface area contributed by atoms with Crippen molar-refractivity contribution in [3.8, 4) is 17.0 Å². The van der Waals surface area contributed by atoms with Crippen LogP contribution >= 0.6 is 0 Å². The van der Waals surface area contributed by atoms with Gasteiger partial charge in [-0.2, -0.15) is 14.6 Å².